The minimum Gasteiger partial charge on any atom is -0.490 e. The van der Waals surface area contributed by atoms with Crippen molar-refractivity contribution in [2.75, 3.05) is 6.61 Å². The average molecular weight is 242 g/mol. The van der Waals surface area contributed by atoms with E-state index in [4.69, 9.17) is 4.74 Å². The zero-order valence-electron chi connectivity index (χ0n) is 9.78. The van der Waals surface area contributed by atoms with Crippen molar-refractivity contribution in [1.82, 2.24) is 0 Å². The van der Waals surface area contributed by atoms with Gasteiger partial charge < -0.3 is 14.9 Å². The Morgan fingerprint density at radius 2 is 1.67 bits per heavy atom. The summed E-state index contributed by atoms with van der Waals surface area (Å²) in [5.41, 5.74) is -0.0561. The van der Waals surface area contributed by atoms with Crippen molar-refractivity contribution in [3.63, 3.8) is 0 Å². The van der Waals surface area contributed by atoms with Crippen LogP contribution in [0, 0.1) is 0 Å². The smallest absolute Gasteiger partial charge is 0.157 e. The van der Waals surface area contributed by atoms with Crippen molar-refractivity contribution >= 4 is 0 Å². The third-order valence-electron chi connectivity index (χ3n) is 3.37. The van der Waals surface area contributed by atoms with Crippen LogP contribution in [0.3, 0.4) is 0 Å². The number of para-hydroxylation sites is 1. The SMILES string of the molecule is O[C@@H](c1ccccc1)[C@@]1(O)COc2ccccc21. The Kier molecular flexibility index (Phi) is 2.58. The van der Waals surface area contributed by atoms with E-state index < -0.39 is 11.7 Å². The van der Waals surface area contributed by atoms with E-state index >= 15 is 0 Å². The van der Waals surface area contributed by atoms with Gasteiger partial charge in [-0.15, -0.1) is 0 Å². The zero-order chi connectivity index (χ0) is 12.6. The van der Waals surface area contributed by atoms with Crippen LogP contribution in [0.5, 0.6) is 5.75 Å². The summed E-state index contributed by atoms with van der Waals surface area (Å²) in [4.78, 5) is 0. The summed E-state index contributed by atoms with van der Waals surface area (Å²) >= 11 is 0. The molecule has 0 saturated carbocycles. The van der Waals surface area contributed by atoms with Crippen molar-refractivity contribution < 1.29 is 14.9 Å². The molecule has 2 atom stereocenters. The van der Waals surface area contributed by atoms with E-state index in [0.29, 0.717) is 16.9 Å². The number of rotatable bonds is 2. The number of fused-ring (bicyclic) bond motifs is 1. The Morgan fingerprint density at radius 3 is 2.44 bits per heavy atom. The zero-order valence-corrected chi connectivity index (χ0v) is 9.78. The van der Waals surface area contributed by atoms with Gasteiger partial charge in [0.25, 0.3) is 0 Å². The van der Waals surface area contributed by atoms with Crippen molar-refractivity contribution in [3.05, 3.63) is 65.7 Å². The van der Waals surface area contributed by atoms with Gasteiger partial charge >= 0.3 is 0 Å². The van der Waals surface area contributed by atoms with Crippen LogP contribution in [0.15, 0.2) is 54.6 Å². The first kappa shape index (κ1) is 11.3. The maximum atomic E-state index is 10.7. The molecule has 3 rings (SSSR count). The minimum absolute atomic E-state index is 0.0718. The first-order valence-corrected chi connectivity index (χ1v) is 5.89. The second-order valence-electron chi connectivity index (χ2n) is 4.52. The Balaban J connectivity index is 2.02. The highest BCUT2D eigenvalue weighted by Gasteiger charge is 2.45. The van der Waals surface area contributed by atoms with Gasteiger partial charge in [0.1, 0.15) is 18.5 Å². The van der Waals surface area contributed by atoms with Gasteiger partial charge in [-0.3, -0.25) is 0 Å². The largest absolute Gasteiger partial charge is 0.490 e. The quantitative estimate of drug-likeness (QED) is 0.846. The summed E-state index contributed by atoms with van der Waals surface area (Å²) < 4.78 is 5.45. The highest BCUT2D eigenvalue weighted by Crippen LogP contribution is 2.44. The molecule has 3 nitrogen and oxygen atoms in total. The molecule has 0 saturated heterocycles. The number of ether oxygens (including phenoxy) is 1. The fraction of sp³-hybridized carbons (Fsp3) is 0.200. The molecule has 1 aliphatic rings. The van der Waals surface area contributed by atoms with E-state index in [1.807, 2.05) is 30.3 Å². The van der Waals surface area contributed by atoms with Gasteiger partial charge in [0.2, 0.25) is 0 Å². The van der Waals surface area contributed by atoms with Crippen LogP contribution in [0.25, 0.3) is 0 Å². The third-order valence-corrected chi connectivity index (χ3v) is 3.37. The normalized spacial score (nSPS) is 23.2. The lowest BCUT2D eigenvalue weighted by Crippen LogP contribution is -2.35. The number of benzene rings is 2. The highest BCUT2D eigenvalue weighted by molar-refractivity contribution is 5.43. The molecular weight excluding hydrogens is 228 g/mol. The van der Waals surface area contributed by atoms with Crippen LogP contribution in [0.1, 0.15) is 17.2 Å². The van der Waals surface area contributed by atoms with Gasteiger partial charge in [0, 0.05) is 5.56 Å². The molecule has 0 fully saturated rings. The predicted molar refractivity (Wildman–Crippen MR) is 67.2 cm³/mol. The summed E-state index contributed by atoms with van der Waals surface area (Å²) in [6, 6.07) is 16.4. The van der Waals surface area contributed by atoms with Crippen LogP contribution < -0.4 is 4.74 Å². The molecule has 1 aliphatic heterocycles. The summed E-state index contributed by atoms with van der Waals surface area (Å²) in [7, 11) is 0. The second-order valence-corrected chi connectivity index (χ2v) is 4.52. The first-order chi connectivity index (χ1) is 8.72. The third kappa shape index (κ3) is 1.60. The molecule has 2 N–H and O–H groups in total. The predicted octanol–water partition coefficient (Wildman–Crippen LogP) is 2.00. The minimum atomic E-state index is -1.38. The van der Waals surface area contributed by atoms with Gasteiger partial charge in [-0.05, 0) is 11.6 Å². The Hall–Kier alpha value is -1.84. The maximum absolute atomic E-state index is 10.7. The summed E-state index contributed by atoms with van der Waals surface area (Å²) in [6.07, 6.45) is -0.998. The first-order valence-electron chi connectivity index (χ1n) is 5.89. The van der Waals surface area contributed by atoms with Crippen molar-refractivity contribution in [3.8, 4) is 5.75 Å². The summed E-state index contributed by atoms with van der Waals surface area (Å²) in [5, 5.41) is 21.1. The van der Waals surface area contributed by atoms with Crippen LogP contribution in [0.4, 0.5) is 0 Å². The Bertz CT molecular complexity index is 553. The number of hydrogen-bond acceptors (Lipinski definition) is 3. The van der Waals surface area contributed by atoms with Gasteiger partial charge in [0.15, 0.2) is 5.60 Å². The van der Waals surface area contributed by atoms with E-state index in [0.717, 1.165) is 0 Å². The van der Waals surface area contributed by atoms with E-state index in [9.17, 15) is 10.2 Å². The molecule has 0 spiro atoms. The standard InChI is InChI=1S/C15H14O3/c16-14(11-6-2-1-3-7-11)15(17)10-18-13-9-5-4-8-12(13)15/h1-9,14,16-17H,10H2/t14-,15+/m0/s1. The molecule has 0 aliphatic carbocycles. The van der Waals surface area contributed by atoms with Gasteiger partial charge in [-0.2, -0.15) is 0 Å². The molecule has 2 aromatic rings. The number of aliphatic hydroxyl groups is 2. The van der Waals surface area contributed by atoms with Crippen molar-refractivity contribution in [2.45, 2.75) is 11.7 Å². The molecule has 0 radical (unpaired) electrons. The van der Waals surface area contributed by atoms with E-state index in [1.54, 1.807) is 24.3 Å². The lowest BCUT2D eigenvalue weighted by molar-refractivity contribution is -0.0912. The van der Waals surface area contributed by atoms with Gasteiger partial charge in [-0.25, -0.2) is 0 Å². The molecule has 92 valence electrons. The molecule has 1 heterocycles. The molecular formula is C15H14O3. The molecule has 0 bridgehead atoms. The Labute approximate surface area is 105 Å². The van der Waals surface area contributed by atoms with Crippen LogP contribution >= 0.6 is 0 Å². The maximum Gasteiger partial charge on any atom is 0.157 e. The van der Waals surface area contributed by atoms with Gasteiger partial charge in [-0.1, -0.05) is 48.5 Å². The fourth-order valence-corrected chi connectivity index (χ4v) is 2.35. The number of aliphatic hydroxyl groups excluding tert-OH is 1. The molecule has 0 unspecified atom stereocenters. The van der Waals surface area contributed by atoms with Crippen LogP contribution in [-0.4, -0.2) is 16.8 Å². The lowest BCUT2D eigenvalue weighted by Gasteiger charge is -2.27. The van der Waals surface area contributed by atoms with Crippen LogP contribution in [-0.2, 0) is 5.60 Å². The Morgan fingerprint density at radius 1 is 1.00 bits per heavy atom. The van der Waals surface area contributed by atoms with Gasteiger partial charge in [0.05, 0.1) is 0 Å². The summed E-state index contributed by atoms with van der Waals surface area (Å²) in [6.45, 7) is 0.0718. The summed E-state index contributed by atoms with van der Waals surface area (Å²) in [5.74, 6) is 0.634. The fourth-order valence-electron chi connectivity index (χ4n) is 2.35. The van der Waals surface area contributed by atoms with Crippen LogP contribution in [0.2, 0.25) is 0 Å². The topological polar surface area (TPSA) is 49.7 Å². The monoisotopic (exact) mass is 242 g/mol. The second kappa shape index (κ2) is 4.12. The molecule has 0 amide bonds. The average Bonchev–Trinajstić information content (AvgIpc) is 2.78. The molecule has 0 aromatic heterocycles. The van der Waals surface area contributed by atoms with E-state index in [-0.39, 0.29) is 6.61 Å². The highest BCUT2D eigenvalue weighted by atomic mass is 16.5. The van der Waals surface area contributed by atoms with E-state index in [1.165, 1.54) is 0 Å². The lowest BCUT2D eigenvalue weighted by atomic mass is 9.86. The molecule has 18 heavy (non-hydrogen) atoms. The van der Waals surface area contributed by atoms with Crippen molar-refractivity contribution in [1.29, 1.82) is 0 Å². The molecule has 2 aromatic carbocycles. The van der Waals surface area contributed by atoms with E-state index in [2.05, 4.69) is 0 Å². The number of hydrogen-bond donors (Lipinski definition) is 2. The molecule has 3 heteroatoms. The van der Waals surface area contributed by atoms with Crippen molar-refractivity contribution in [2.24, 2.45) is 0 Å².